The van der Waals surface area contributed by atoms with Crippen LogP contribution in [0.2, 0.25) is 5.02 Å². The maximum atomic E-state index is 13.0. The lowest BCUT2D eigenvalue weighted by Gasteiger charge is -2.32. The van der Waals surface area contributed by atoms with Crippen LogP contribution in [-0.4, -0.2) is 79.6 Å². The number of halogens is 1. The standard InChI is InChI=1S/C43H49ClN6O5/c1-26(24-50-16-19-53-20-17-50)42-39-37(27(2)48(4)46-39)38-35(44)15-14-34-33(41(43(51)52)47(3)40(34)38)11-8-18-54-36-22-28(21-29-9-6-7-10-32(29)36)12-13-31-23-30(25-55-42)45-49(31)5/h6-7,9-10,14-15,21-23,26,42H,8,11-13,16-20,24-25H2,1-5H3,(H,51,52). The fourth-order valence-corrected chi connectivity index (χ4v) is 8.91. The zero-order valence-corrected chi connectivity index (χ0v) is 33.0. The number of hydrogen-bond acceptors (Lipinski definition) is 7. The second kappa shape index (κ2) is 15.5. The predicted molar refractivity (Wildman–Crippen MR) is 214 cm³/mol. The normalized spacial score (nSPS) is 17.9. The molecule has 0 aliphatic carbocycles. The van der Waals surface area contributed by atoms with E-state index in [1.165, 1.54) is 5.56 Å². The average molecular weight is 765 g/mol. The molecule has 1 N–H and O–H groups in total. The van der Waals surface area contributed by atoms with Crippen molar-refractivity contribution >= 4 is 39.2 Å². The average Bonchev–Trinajstić information content (AvgIpc) is 3.78. The van der Waals surface area contributed by atoms with Gasteiger partial charge in [-0.2, -0.15) is 10.2 Å². The van der Waals surface area contributed by atoms with Crippen LogP contribution in [0.3, 0.4) is 0 Å². The Morgan fingerprint density at radius 1 is 0.945 bits per heavy atom. The summed E-state index contributed by atoms with van der Waals surface area (Å²) >= 11 is 7.21. The third-order valence-corrected chi connectivity index (χ3v) is 11.8. The van der Waals surface area contributed by atoms with Crippen LogP contribution >= 0.6 is 11.6 Å². The summed E-state index contributed by atoms with van der Waals surface area (Å²) in [7, 11) is 5.75. The smallest absolute Gasteiger partial charge is 0.352 e. The monoisotopic (exact) mass is 764 g/mol. The molecule has 3 aromatic carbocycles. The molecule has 3 aromatic heterocycles. The summed E-state index contributed by atoms with van der Waals surface area (Å²) in [5.41, 5.74) is 8.23. The Bertz CT molecular complexity index is 2390. The minimum Gasteiger partial charge on any atom is -0.493 e. The number of carboxylic acids is 1. The highest BCUT2D eigenvalue weighted by Gasteiger charge is 2.33. The zero-order valence-electron chi connectivity index (χ0n) is 32.3. The van der Waals surface area contributed by atoms with Gasteiger partial charge in [-0.1, -0.05) is 54.9 Å². The molecule has 0 saturated carbocycles. The summed E-state index contributed by atoms with van der Waals surface area (Å²) in [5.74, 6) is -0.113. The quantitative estimate of drug-likeness (QED) is 0.197. The fraction of sp³-hybridized carbons (Fsp3) is 0.419. The van der Waals surface area contributed by atoms with E-state index in [1.54, 1.807) is 4.57 Å². The van der Waals surface area contributed by atoms with Crippen molar-refractivity contribution in [2.24, 2.45) is 27.1 Å². The van der Waals surface area contributed by atoms with Crippen molar-refractivity contribution in [3.05, 3.63) is 99.2 Å². The first kappa shape index (κ1) is 37.3. The van der Waals surface area contributed by atoms with Crippen molar-refractivity contribution in [3.8, 4) is 16.9 Å². The Hall–Kier alpha value is -4.68. The highest BCUT2D eigenvalue weighted by atomic mass is 35.5. The summed E-state index contributed by atoms with van der Waals surface area (Å²) in [6.45, 7) is 8.89. The van der Waals surface area contributed by atoms with Gasteiger partial charge in [0.25, 0.3) is 0 Å². The molecule has 0 spiro atoms. The summed E-state index contributed by atoms with van der Waals surface area (Å²) in [5, 5.41) is 24.3. The molecule has 288 valence electrons. The highest BCUT2D eigenvalue weighted by Crippen LogP contribution is 2.45. The van der Waals surface area contributed by atoms with Gasteiger partial charge < -0.3 is 23.9 Å². The molecule has 1 fully saturated rings. The number of aromatic carboxylic acids is 1. The van der Waals surface area contributed by atoms with Crippen molar-refractivity contribution in [2.75, 3.05) is 39.5 Å². The first-order chi connectivity index (χ1) is 26.6. The molecule has 11 nitrogen and oxygen atoms in total. The largest absolute Gasteiger partial charge is 0.493 e. The van der Waals surface area contributed by atoms with Crippen molar-refractivity contribution < 1.29 is 24.1 Å². The van der Waals surface area contributed by atoms with Gasteiger partial charge >= 0.3 is 5.97 Å². The summed E-state index contributed by atoms with van der Waals surface area (Å²) in [6.07, 6.45) is 2.34. The third kappa shape index (κ3) is 7.15. The van der Waals surface area contributed by atoms with Crippen LogP contribution in [0.15, 0.2) is 54.6 Å². The molecule has 2 unspecified atom stereocenters. The van der Waals surface area contributed by atoms with E-state index in [9.17, 15) is 9.90 Å². The minimum absolute atomic E-state index is 0.0366. The Balaban J connectivity index is 1.28. The number of hydrogen-bond donors (Lipinski definition) is 1. The topological polar surface area (TPSA) is 109 Å². The maximum absolute atomic E-state index is 13.0. The van der Waals surface area contributed by atoms with Crippen LogP contribution in [0.1, 0.15) is 63.8 Å². The van der Waals surface area contributed by atoms with Gasteiger partial charge in [0.2, 0.25) is 0 Å². The van der Waals surface area contributed by atoms with Gasteiger partial charge in [-0.3, -0.25) is 14.3 Å². The maximum Gasteiger partial charge on any atom is 0.352 e. The van der Waals surface area contributed by atoms with E-state index < -0.39 is 12.1 Å². The third-order valence-electron chi connectivity index (χ3n) is 11.5. The van der Waals surface area contributed by atoms with Crippen LogP contribution in [0, 0.1) is 12.8 Å². The SMILES string of the molecule is Cc1c2c(nn1C)C(C(C)CN1CCOCC1)OCc1cc(n(C)n1)CCc1cc(c3ccccc3c1)OCCCc1c(C(=O)O)n(C)c3c-2c(Cl)ccc13. The zero-order chi connectivity index (χ0) is 38.4. The first-order valence-electron chi connectivity index (χ1n) is 19.2. The number of benzene rings is 3. The van der Waals surface area contributed by atoms with Gasteiger partial charge in [-0.05, 0) is 67.3 Å². The van der Waals surface area contributed by atoms with E-state index in [0.29, 0.717) is 44.3 Å². The van der Waals surface area contributed by atoms with E-state index in [2.05, 4.69) is 48.2 Å². The number of morpholine rings is 1. The number of nitrogens with zero attached hydrogens (tertiary/aromatic N) is 6. The summed E-state index contributed by atoms with van der Waals surface area (Å²) in [4.78, 5) is 15.4. The van der Waals surface area contributed by atoms with E-state index in [4.69, 9.17) is 36.0 Å². The Kier molecular flexibility index (Phi) is 10.5. The number of carbonyl (C=O) groups is 1. The molecule has 8 rings (SSSR count). The van der Waals surface area contributed by atoms with Gasteiger partial charge in [0.1, 0.15) is 17.5 Å². The Morgan fingerprint density at radius 2 is 1.75 bits per heavy atom. The molecule has 6 aromatic rings. The summed E-state index contributed by atoms with van der Waals surface area (Å²) in [6, 6.07) is 18.7. The second-order valence-corrected chi connectivity index (χ2v) is 15.5. The number of aryl methyl sites for hydroxylation is 6. The van der Waals surface area contributed by atoms with Gasteiger partial charge in [0, 0.05) is 80.0 Å². The minimum atomic E-state index is -0.983. The molecule has 2 atom stereocenters. The number of carboxylic acid groups (broad SMARTS) is 1. The van der Waals surface area contributed by atoms with E-state index >= 15 is 0 Å². The van der Waals surface area contributed by atoms with E-state index in [-0.39, 0.29) is 11.6 Å². The molecule has 0 amide bonds. The molecule has 2 aliphatic heterocycles. The van der Waals surface area contributed by atoms with Crippen molar-refractivity contribution in [3.63, 3.8) is 0 Å². The van der Waals surface area contributed by atoms with Gasteiger partial charge in [0.15, 0.2) is 0 Å². The van der Waals surface area contributed by atoms with Crippen LogP contribution in [0.4, 0.5) is 0 Å². The van der Waals surface area contributed by atoms with E-state index in [1.807, 2.05) is 55.6 Å². The molecule has 1 saturated heterocycles. The molecule has 5 heterocycles. The van der Waals surface area contributed by atoms with Crippen LogP contribution < -0.4 is 4.74 Å². The summed E-state index contributed by atoms with van der Waals surface area (Å²) < 4.78 is 24.8. The number of fused-ring (bicyclic) bond motifs is 8. The van der Waals surface area contributed by atoms with Crippen molar-refractivity contribution in [2.45, 2.75) is 52.2 Å². The van der Waals surface area contributed by atoms with Gasteiger partial charge in [-0.25, -0.2) is 4.79 Å². The second-order valence-electron chi connectivity index (χ2n) is 15.1. The molecule has 2 aliphatic rings. The first-order valence-corrected chi connectivity index (χ1v) is 19.6. The molecule has 12 heteroatoms. The number of aromatic nitrogens is 5. The van der Waals surface area contributed by atoms with Gasteiger partial charge in [-0.15, -0.1) is 0 Å². The van der Waals surface area contributed by atoms with Crippen LogP contribution in [0.5, 0.6) is 5.75 Å². The molecule has 55 heavy (non-hydrogen) atoms. The van der Waals surface area contributed by atoms with Crippen LogP contribution in [-0.2, 0) is 56.5 Å². The fourth-order valence-electron chi connectivity index (χ4n) is 8.66. The molecular formula is C43H49ClN6O5. The highest BCUT2D eigenvalue weighted by molar-refractivity contribution is 6.35. The number of ether oxygens (including phenoxy) is 3. The molecule has 0 radical (unpaired) electrons. The number of rotatable bonds is 4. The van der Waals surface area contributed by atoms with Gasteiger partial charge in [0.05, 0.1) is 48.4 Å². The predicted octanol–water partition coefficient (Wildman–Crippen LogP) is 7.46. The molecular weight excluding hydrogens is 716 g/mol. The lowest BCUT2D eigenvalue weighted by Crippen LogP contribution is -2.40. The lowest BCUT2D eigenvalue weighted by atomic mass is 9.92. The molecule has 8 bridgehead atoms. The Morgan fingerprint density at radius 3 is 2.55 bits per heavy atom. The van der Waals surface area contributed by atoms with Crippen molar-refractivity contribution in [1.29, 1.82) is 0 Å². The lowest BCUT2D eigenvalue weighted by molar-refractivity contribution is -0.0251. The van der Waals surface area contributed by atoms with E-state index in [0.717, 1.165) is 99.4 Å². The Labute approximate surface area is 326 Å². The van der Waals surface area contributed by atoms with Crippen molar-refractivity contribution in [1.82, 2.24) is 29.0 Å². The van der Waals surface area contributed by atoms with Crippen LogP contribution in [0.25, 0.3) is 32.8 Å².